The van der Waals surface area contributed by atoms with Crippen molar-refractivity contribution >= 4 is 28.6 Å². The average Bonchev–Trinajstić information content (AvgIpc) is 3.43. The fourth-order valence-corrected chi connectivity index (χ4v) is 5.00. The number of nitrogens with one attached hydrogen (secondary N) is 1. The maximum atomic E-state index is 13.0. The van der Waals surface area contributed by atoms with E-state index in [4.69, 9.17) is 4.74 Å². The summed E-state index contributed by atoms with van der Waals surface area (Å²) < 4.78 is 7.46. The molecule has 2 aromatic carbocycles. The Labute approximate surface area is 190 Å². The van der Waals surface area contributed by atoms with Crippen LogP contribution in [0.3, 0.4) is 0 Å². The highest BCUT2D eigenvalue weighted by atomic mass is 32.2. The Morgan fingerprint density at radius 2 is 1.84 bits per heavy atom. The van der Waals surface area contributed by atoms with Gasteiger partial charge in [0.15, 0.2) is 11.0 Å². The number of aromatic amines is 1. The summed E-state index contributed by atoms with van der Waals surface area (Å²) in [6.45, 7) is 6.46. The van der Waals surface area contributed by atoms with E-state index in [2.05, 4.69) is 44.9 Å². The monoisotopic (exact) mass is 447 g/mol. The van der Waals surface area contributed by atoms with Gasteiger partial charge in [0.25, 0.3) is 0 Å². The molecule has 7 nitrogen and oxygen atoms in total. The zero-order valence-corrected chi connectivity index (χ0v) is 18.9. The van der Waals surface area contributed by atoms with Gasteiger partial charge in [0, 0.05) is 35.8 Å². The molecule has 1 atom stereocenters. The molecule has 1 unspecified atom stereocenters. The van der Waals surface area contributed by atoms with Crippen LogP contribution in [0.4, 0.5) is 0 Å². The smallest absolute Gasteiger partial charge is 0.236 e. The molecule has 0 saturated carbocycles. The third-order valence-corrected chi connectivity index (χ3v) is 6.80. The van der Waals surface area contributed by atoms with Gasteiger partial charge >= 0.3 is 0 Å². The van der Waals surface area contributed by atoms with Gasteiger partial charge in [0.1, 0.15) is 0 Å². The van der Waals surface area contributed by atoms with Crippen LogP contribution in [0.15, 0.2) is 59.9 Å². The predicted octanol–water partition coefficient (Wildman–Crippen LogP) is 4.06. The molecular formula is C24H25N5O2S. The van der Waals surface area contributed by atoms with E-state index in [1.54, 1.807) is 0 Å². The zero-order chi connectivity index (χ0) is 22.1. The lowest BCUT2D eigenvalue weighted by molar-refractivity contribution is -0.134. The van der Waals surface area contributed by atoms with Gasteiger partial charge in [0.2, 0.25) is 5.91 Å². The number of carbonyl (C=O) groups is 1. The Hall–Kier alpha value is -3.10. The van der Waals surface area contributed by atoms with Crippen LogP contribution < -0.4 is 0 Å². The molecule has 32 heavy (non-hydrogen) atoms. The first kappa shape index (κ1) is 20.8. The number of aromatic nitrogens is 4. The fourth-order valence-electron chi connectivity index (χ4n) is 4.06. The second kappa shape index (κ2) is 8.80. The second-order valence-corrected chi connectivity index (χ2v) is 9.18. The summed E-state index contributed by atoms with van der Waals surface area (Å²) in [4.78, 5) is 18.2. The summed E-state index contributed by atoms with van der Waals surface area (Å²) in [7, 11) is 0. The first-order valence-corrected chi connectivity index (χ1v) is 11.6. The Morgan fingerprint density at radius 1 is 1.09 bits per heavy atom. The Balaban J connectivity index is 1.56. The number of nitrogens with zero attached hydrogens (tertiary/aromatic N) is 4. The van der Waals surface area contributed by atoms with Gasteiger partial charge in [-0.25, -0.2) is 0 Å². The van der Waals surface area contributed by atoms with Crippen molar-refractivity contribution in [2.24, 2.45) is 0 Å². The van der Waals surface area contributed by atoms with Crippen molar-refractivity contribution in [1.29, 1.82) is 0 Å². The molecule has 0 radical (unpaired) electrons. The molecule has 5 rings (SSSR count). The maximum Gasteiger partial charge on any atom is 0.236 e. The summed E-state index contributed by atoms with van der Waals surface area (Å²) in [5.41, 5.74) is 4.15. The Morgan fingerprint density at radius 3 is 2.66 bits per heavy atom. The van der Waals surface area contributed by atoms with Crippen LogP contribution in [-0.4, -0.2) is 62.1 Å². The summed E-state index contributed by atoms with van der Waals surface area (Å²) in [6.07, 6.45) is 1.97. The Bertz CT molecular complexity index is 1260. The summed E-state index contributed by atoms with van der Waals surface area (Å²) >= 11 is 1.45. The normalized spacial score (nSPS) is 15.2. The van der Waals surface area contributed by atoms with Crippen LogP contribution in [0, 0.1) is 6.92 Å². The van der Waals surface area contributed by atoms with E-state index in [0.29, 0.717) is 31.5 Å². The van der Waals surface area contributed by atoms with E-state index in [1.165, 1.54) is 11.8 Å². The number of H-pyrrole nitrogens is 1. The van der Waals surface area contributed by atoms with Crippen LogP contribution in [-0.2, 0) is 9.53 Å². The summed E-state index contributed by atoms with van der Waals surface area (Å²) in [5.74, 6) is 0.858. The van der Waals surface area contributed by atoms with Gasteiger partial charge in [0.05, 0.1) is 24.2 Å². The van der Waals surface area contributed by atoms with Crippen molar-refractivity contribution < 1.29 is 9.53 Å². The van der Waals surface area contributed by atoms with Crippen LogP contribution >= 0.6 is 11.8 Å². The van der Waals surface area contributed by atoms with Gasteiger partial charge in [-0.15, -0.1) is 10.2 Å². The van der Waals surface area contributed by atoms with Crippen molar-refractivity contribution in [3.63, 3.8) is 0 Å². The first-order valence-electron chi connectivity index (χ1n) is 10.7. The Kier molecular flexibility index (Phi) is 5.71. The largest absolute Gasteiger partial charge is 0.378 e. The number of ether oxygens (including phenoxy) is 1. The van der Waals surface area contributed by atoms with Crippen molar-refractivity contribution in [3.05, 3.63) is 60.3 Å². The number of aryl methyl sites for hydroxylation is 1. The number of thioether (sulfide) groups is 1. The van der Waals surface area contributed by atoms with Crippen LogP contribution in [0.25, 0.3) is 28.0 Å². The lowest BCUT2D eigenvalue weighted by Crippen LogP contribution is -2.44. The summed E-state index contributed by atoms with van der Waals surface area (Å²) in [6, 6.07) is 16.3. The quantitative estimate of drug-likeness (QED) is 0.467. The fraction of sp³-hybridized carbons (Fsp3) is 0.292. The number of morpholine rings is 1. The van der Waals surface area contributed by atoms with Gasteiger partial charge < -0.3 is 14.6 Å². The van der Waals surface area contributed by atoms with Crippen molar-refractivity contribution in [3.8, 4) is 17.1 Å². The van der Waals surface area contributed by atoms with E-state index >= 15 is 0 Å². The van der Waals surface area contributed by atoms with Gasteiger partial charge in [-0.3, -0.25) is 9.36 Å². The van der Waals surface area contributed by atoms with E-state index in [-0.39, 0.29) is 11.2 Å². The number of rotatable bonds is 5. The molecule has 1 fully saturated rings. The first-order chi connectivity index (χ1) is 15.6. The second-order valence-electron chi connectivity index (χ2n) is 7.87. The molecule has 0 spiro atoms. The molecular weight excluding hydrogens is 422 g/mol. The highest BCUT2D eigenvalue weighted by Crippen LogP contribution is 2.34. The van der Waals surface area contributed by atoms with E-state index < -0.39 is 0 Å². The van der Waals surface area contributed by atoms with Crippen LogP contribution in [0.2, 0.25) is 0 Å². The molecule has 1 saturated heterocycles. The highest BCUT2D eigenvalue weighted by molar-refractivity contribution is 8.00. The third kappa shape index (κ3) is 3.80. The molecule has 8 heteroatoms. The zero-order valence-electron chi connectivity index (χ0n) is 18.1. The van der Waals surface area contributed by atoms with E-state index in [0.717, 1.165) is 33.5 Å². The number of benzene rings is 2. The standard InChI is InChI=1S/C24H25N5O2S/c1-16-7-3-6-10-21(16)29-22(19-15-25-20-9-5-4-8-18(19)20)26-27-24(29)32-17(2)23(30)28-11-13-31-14-12-28/h3-10,15,17,25H,11-14H2,1-2H3. The molecule has 1 aliphatic rings. The number of amides is 1. The highest BCUT2D eigenvalue weighted by Gasteiger charge is 2.27. The van der Waals surface area contributed by atoms with Crippen LogP contribution in [0.1, 0.15) is 12.5 Å². The molecule has 3 heterocycles. The number of hydrogen-bond donors (Lipinski definition) is 1. The average molecular weight is 448 g/mol. The van der Waals surface area contributed by atoms with E-state index in [9.17, 15) is 4.79 Å². The number of hydrogen-bond acceptors (Lipinski definition) is 5. The van der Waals surface area contributed by atoms with Gasteiger partial charge in [-0.05, 0) is 31.5 Å². The predicted molar refractivity (Wildman–Crippen MR) is 126 cm³/mol. The maximum absolute atomic E-state index is 13.0. The minimum absolute atomic E-state index is 0.103. The minimum atomic E-state index is -0.282. The topological polar surface area (TPSA) is 76.0 Å². The van der Waals surface area contributed by atoms with Gasteiger partial charge in [-0.2, -0.15) is 0 Å². The molecule has 1 aliphatic heterocycles. The molecule has 4 aromatic rings. The lowest BCUT2D eigenvalue weighted by Gasteiger charge is -2.29. The van der Waals surface area contributed by atoms with Crippen molar-refractivity contribution in [1.82, 2.24) is 24.6 Å². The number of para-hydroxylation sites is 2. The van der Waals surface area contributed by atoms with E-state index in [1.807, 2.05) is 48.4 Å². The molecule has 1 N–H and O–H groups in total. The van der Waals surface area contributed by atoms with Gasteiger partial charge in [-0.1, -0.05) is 48.2 Å². The van der Waals surface area contributed by atoms with Crippen LogP contribution in [0.5, 0.6) is 0 Å². The molecule has 1 amide bonds. The van der Waals surface area contributed by atoms with Crippen molar-refractivity contribution in [2.45, 2.75) is 24.3 Å². The number of carbonyl (C=O) groups excluding carboxylic acids is 1. The molecule has 0 bridgehead atoms. The minimum Gasteiger partial charge on any atom is -0.378 e. The summed E-state index contributed by atoms with van der Waals surface area (Å²) in [5, 5.41) is 10.6. The third-order valence-electron chi connectivity index (χ3n) is 5.77. The van der Waals surface area contributed by atoms with Crippen molar-refractivity contribution in [2.75, 3.05) is 26.3 Å². The number of fused-ring (bicyclic) bond motifs is 1. The molecule has 2 aromatic heterocycles. The molecule has 164 valence electrons. The molecule has 0 aliphatic carbocycles. The lowest BCUT2D eigenvalue weighted by atomic mass is 10.1. The SMILES string of the molecule is Cc1ccccc1-n1c(SC(C)C(=O)N2CCOCC2)nnc1-c1c[nH]c2ccccc12.